The number of fused-ring (bicyclic) bond motifs is 2. The van der Waals surface area contributed by atoms with Crippen LogP contribution in [0.1, 0.15) is 77.8 Å². The highest BCUT2D eigenvalue weighted by Crippen LogP contribution is 2.41. The fourth-order valence-corrected chi connectivity index (χ4v) is 7.94. The average molecular weight is 764 g/mol. The zero-order chi connectivity index (χ0) is 39.5. The second kappa shape index (κ2) is 16.4. The van der Waals surface area contributed by atoms with Crippen LogP contribution in [-0.4, -0.2) is 58.4 Å². The van der Waals surface area contributed by atoms with Crippen LogP contribution in [0.5, 0.6) is 11.5 Å². The number of rotatable bonds is 14. The Morgan fingerprint density at radius 3 is 2.30 bits per heavy atom. The summed E-state index contributed by atoms with van der Waals surface area (Å²) < 4.78 is 28.6. The van der Waals surface area contributed by atoms with E-state index in [1.165, 1.54) is 11.1 Å². The van der Waals surface area contributed by atoms with Crippen molar-refractivity contribution in [1.29, 1.82) is 10.5 Å². The molecule has 0 aliphatic heterocycles. The Labute approximate surface area is 329 Å². The molecule has 13 nitrogen and oxygen atoms in total. The third-order valence-corrected chi connectivity index (χ3v) is 10.6. The maximum Gasteiger partial charge on any atom is 0.258 e. The van der Waals surface area contributed by atoms with Crippen molar-refractivity contribution in [2.45, 2.75) is 64.2 Å². The largest absolute Gasteiger partial charge is 0.492 e. The topological polar surface area (TPSA) is 185 Å². The number of nitrogens with one attached hydrogen (secondary N) is 1. The summed E-state index contributed by atoms with van der Waals surface area (Å²) in [5.74, 6) is 2.36. The van der Waals surface area contributed by atoms with Crippen molar-refractivity contribution < 1.29 is 28.4 Å². The van der Waals surface area contributed by atoms with Gasteiger partial charge in [-0.15, -0.1) is 0 Å². The number of benzene rings is 4. The summed E-state index contributed by atoms with van der Waals surface area (Å²) in [6.07, 6.45) is 2.62. The first-order valence-corrected chi connectivity index (χ1v) is 19.1. The molecule has 2 heterocycles. The molecular weight excluding hydrogens is 723 g/mol. The number of aliphatic hydroxyl groups is 1. The predicted molar refractivity (Wildman–Crippen MR) is 209 cm³/mol. The van der Waals surface area contributed by atoms with Crippen molar-refractivity contribution in [3.05, 3.63) is 106 Å². The zero-order valence-corrected chi connectivity index (χ0v) is 31.9. The predicted octanol–water partition coefficient (Wildman–Crippen LogP) is 7.48. The number of methoxy groups -OCH3 is 1. The van der Waals surface area contributed by atoms with Gasteiger partial charge in [0, 0.05) is 48.4 Å². The minimum atomic E-state index is -0.585. The molecule has 6 aromatic rings. The Bertz CT molecular complexity index is 2510. The standard InChI is InChI=1S/C44H41N7O6/c1-4-54-38-16-9-27(21-29(38)23-45)44-49-42(51-57-44)40-26(8-11-33-34(40)13-15-37(33)52)20-25(2)55-39-17-10-28(22-30(39)24-46)43-48-41(50-56-43)35-7-5-6-32-31(35)12-14-36(32)47-18-19-53-3/h5-11,16-17,21-22,25,36-37,47,52H,4,12-15,18-20H2,1-3H3/t25?,36?,37-/m0/s1. The Hall–Kier alpha value is -6.38. The van der Waals surface area contributed by atoms with Crippen LogP contribution in [0.15, 0.2) is 75.8 Å². The maximum atomic E-state index is 10.7. The molecule has 57 heavy (non-hydrogen) atoms. The van der Waals surface area contributed by atoms with E-state index < -0.39 is 6.10 Å². The monoisotopic (exact) mass is 763 g/mol. The summed E-state index contributed by atoms with van der Waals surface area (Å²) in [4.78, 5) is 9.49. The van der Waals surface area contributed by atoms with E-state index in [0.29, 0.717) is 83.8 Å². The molecule has 4 aromatic carbocycles. The molecule has 2 aliphatic carbocycles. The van der Waals surface area contributed by atoms with E-state index in [-0.39, 0.29) is 18.0 Å². The van der Waals surface area contributed by atoms with Gasteiger partial charge in [-0.3, -0.25) is 0 Å². The second-order valence-corrected chi connectivity index (χ2v) is 14.2. The van der Waals surface area contributed by atoms with Crippen molar-refractivity contribution in [1.82, 2.24) is 25.6 Å². The smallest absolute Gasteiger partial charge is 0.258 e. The van der Waals surface area contributed by atoms with Crippen LogP contribution in [-0.2, 0) is 24.0 Å². The maximum absolute atomic E-state index is 10.7. The van der Waals surface area contributed by atoms with E-state index in [2.05, 4.69) is 33.8 Å². The molecule has 0 saturated carbocycles. The molecule has 13 heteroatoms. The molecule has 0 fully saturated rings. The van der Waals surface area contributed by atoms with Gasteiger partial charge in [-0.05, 0) is 104 Å². The van der Waals surface area contributed by atoms with Crippen LogP contribution in [0.2, 0.25) is 0 Å². The van der Waals surface area contributed by atoms with Gasteiger partial charge in [0.05, 0.1) is 30.4 Å². The first-order chi connectivity index (χ1) is 27.9. The van der Waals surface area contributed by atoms with E-state index in [4.69, 9.17) is 33.2 Å². The molecule has 8 rings (SSSR count). The van der Waals surface area contributed by atoms with E-state index in [9.17, 15) is 15.6 Å². The van der Waals surface area contributed by atoms with Crippen molar-refractivity contribution in [3.63, 3.8) is 0 Å². The number of nitrogens with zero attached hydrogens (tertiary/aromatic N) is 6. The van der Waals surface area contributed by atoms with E-state index in [1.54, 1.807) is 37.4 Å². The molecule has 2 aliphatic rings. The number of aliphatic hydroxyl groups excluding tert-OH is 1. The third kappa shape index (κ3) is 7.48. The molecule has 2 aromatic heterocycles. The van der Waals surface area contributed by atoms with Crippen LogP contribution in [0.3, 0.4) is 0 Å². The first-order valence-electron chi connectivity index (χ1n) is 19.1. The summed E-state index contributed by atoms with van der Waals surface area (Å²) in [7, 11) is 1.70. The second-order valence-electron chi connectivity index (χ2n) is 14.2. The Morgan fingerprint density at radius 2 is 1.56 bits per heavy atom. The lowest BCUT2D eigenvalue weighted by atomic mass is 9.93. The summed E-state index contributed by atoms with van der Waals surface area (Å²) >= 11 is 0. The number of hydrogen-bond donors (Lipinski definition) is 2. The molecule has 0 amide bonds. The normalized spacial score (nSPS) is 16.1. The Morgan fingerprint density at radius 1 is 0.860 bits per heavy atom. The minimum Gasteiger partial charge on any atom is -0.492 e. The molecule has 2 N–H and O–H groups in total. The van der Waals surface area contributed by atoms with Gasteiger partial charge in [0.1, 0.15) is 29.7 Å². The zero-order valence-electron chi connectivity index (χ0n) is 31.9. The van der Waals surface area contributed by atoms with Gasteiger partial charge in [0.2, 0.25) is 11.6 Å². The quantitative estimate of drug-likeness (QED) is 0.104. The number of hydrogen-bond acceptors (Lipinski definition) is 13. The minimum absolute atomic E-state index is 0.248. The lowest BCUT2D eigenvalue weighted by molar-refractivity contribution is 0.180. The summed E-state index contributed by atoms with van der Waals surface area (Å²) in [5, 5.41) is 42.9. The fourth-order valence-electron chi connectivity index (χ4n) is 7.94. The lowest BCUT2D eigenvalue weighted by Crippen LogP contribution is -2.23. The van der Waals surface area contributed by atoms with Gasteiger partial charge in [0.25, 0.3) is 11.8 Å². The summed E-state index contributed by atoms with van der Waals surface area (Å²) in [6.45, 7) is 5.65. The van der Waals surface area contributed by atoms with E-state index in [0.717, 1.165) is 47.2 Å². The molecular formula is C44H41N7O6. The van der Waals surface area contributed by atoms with Crippen molar-refractivity contribution >= 4 is 0 Å². The number of ether oxygens (including phenoxy) is 3. The highest BCUT2D eigenvalue weighted by atomic mass is 16.5. The van der Waals surface area contributed by atoms with Gasteiger partial charge in [-0.25, -0.2) is 0 Å². The Balaban J connectivity index is 1.01. The van der Waals surface area contributed by atoms with E-state index in [1.807, 2.05) is 44.2 Å². The highest BCUT2D eigenvalue weighted by Gasteiger charge is 2.29. The van der Waals surface area contributed by atoms with Gasteiger partial charge in [-0.2, -0.15) is 20.5 Å². The SMILES string of the molecule is CCOc1ccc(-c2nc(-c3c(CC(C)Oc4ccc(-c5nc(-c6cccc7c6CCC7NCCOC)no5)cc4C#N)ccc4c3CC[C@@H]4O)no2)cc1C#N. The van der Waals surface area contributed by atoms with E-state index >= 15 is 0 Å². The molecule has 288 valence electrons. The molecule has 3 atom stereocenters. The molecule has 2 unspecified atom stereocenters. The van der Waals surface area contributed by atoms with Crippen LogP contribution >= 0.6 is 0 Å². The number of nitriles is 2. The summed E-state index contributed by atoms with van der Waals surface area (Å²) in [5.41, 5.74) is 8.77. The molecule has 0 bridgehead atoms. The van der Waals surface area contributed by atoms with Crippen molar-refractivity contribution in [3.8, 4) is 69.3 Å². The van der Waals surface area contributed by atoms with Crippen LogP contribution in [0.25, 0.3) is 45.7 Å². The van der Waals surface area contributed by atoms with Gasteiger partial charge in [-0.1, -0.05) is 40.6 Å². The van der Waals surface area contributed by atoms with Gasteiger partial charge >= 0.3 is 0 Å². The molecule has 0 spiro atoms. The van der Waals surface area contributed by atoms with Crippen molar-refractivity contribution in [2.75, 3.05) is 26.9 Å². The van der Waals surface area contributed by atoms with Crippen LogP contribution in [0, 0.1) is 22.7 Å². The van der Waals surface area contributed by atoms with Crippen LogP contribution < -0.4 is 14.8 Å². The fraction of sp³-hybridized carbons (Fsp3) is 0.318. The Kier molecular flexibility index (Phi) is 10.8. The lowest BCUT2D eigenvalue weighted by Gasteiger charge is -2.19. The molecule has 0 saturated heterocycles. The molecule has 0 radical (unpaired) electrons. The average Bonchev–Trinajstić information content (AvgIpc) is 4.06. The third-order valence-electron chi connectivity index (χ3n) is 10.6. The van der Waals surface area contributed by atoms with Crippen molar-refractivity contribution in [2.24, 2.45) is 0 Å². The van der Waals surface area contributed by atoms with Crippen LogP contribution in [0.4, 0.5) is 0 Å². The highest BCUT2D eigenvalue weighted by molar-refractivity contribution is 5.71. The first kappa shape index (κ1) is 37.5. The van der Waals surface area contributed by atoms with Gasteiger partial charge in [0.15, 0.2) is 0 Å². The summed E-state index contributed by atoms with van der Waals surface area (Å²) in [6, 6.07) is 25.2. The number of aromatic nitrogens is 4. The van der Waals surface area contributed by atoms with Gasteiger partial charge < -0.3 is 33.7 Å².